The summed E-state index contributed by atoms with van der Waals surface area (Å²) in [6.45, 7) is 4.30. The maximum absolute atomic E-state index is 14.9. The minimum atomic E-state index is -0.735. The molecule has 0 radical (unpaired) electrons. The van der Waals surface area contributed by atoms with Crippen LogP contribution in [0.1, 0.15) is 24.2 Å². The van der Waals surface area contributed by atoms with Gasteiger partial charge in [0.15, 0.2) is 23.1 Å². The second-order valence-corrected chi connectivity index (χ2v) is 9.10. The van der Waals surface area contributed by atoms with Gasteiger partial charge < -0.3 is 25.1 Å². The number of fused-ring (bicyclic) bond motifs is 1. The van der Waals surface area contributed by atoms with Gasteiger partial charge in [0.25, 0.3) is 5.91 Å². The molecule has 1 aliphatic heterocycles. The lowest BCUT2D eigenvalue weighted by molar-refractivity contribution is 0.102. The van der Waals surface area contributed by atoms with E-state index in [9.17, 15) is 18.4 Å². The van der Waals surface area contributed by atoms with E-state index in [1.807, 2.05) is 13.8 Å². The number of anilines is 2. The Balaban J connectivity index is 1.34. The Morgan fingerprint density at radius 1 is 1.08 bits per heavy atom. The minimum Gasteiger partial charge on any atom is -0.484 e. The van der Waals surface area contributed by atoms with Crippen LogP contribution in [0.15, 0.2) is 71.9 Å². The fourth-order valence-corrected chi connectivity index (χ4v) is 3.82. The highest BCUT2D eigenvalue weighted by molar-refractivity contribution is 6.04. The quantitative estimate of drug-likeness (QED) is 0.339. The molecule has 188 valence electrons. The van der Waals surface area contributed by atoms with E-state index >= 15 is 0 Å². The molecule has 2 aromatic carbocycles. The number of benzene rings is 2. The molecular weight excluding hydrogens is 482 g/mol. The first kappa shape index (κ1) is 24.0. The lowest BCUT2D eigenvalue weighted by atomic mass is 10.0. The van der Waals surface area contributed by atoms with Gasteiger partial charge in [0.2, 0.25) is 11.2 Å². The molecule has 0 unspecified atom stereocenters. The number of rotatable bonds is 5. The molecule has 0 aliphatic carbocycles. The van der Waals surface area contributed by atoms with Crippen LogP contribution in [0.4, 0.5) is 20.3 Å². The third-order valence-electron chi connectivity index (χ3n) is 5.66. The molecule has 0 saturated carbocycles. The number of carbonyl (C=O) groups excluding carboxylic acids is 1. The van der Waals surface area contributed by atoms with E-state index in [2.05, 4.69) is 20.6 Å². The summed E-state index contributed by atoms with van der Waals surface area (Å²) < 4.78 is 39.7. The Bertz CT molecular complexity index is 1550. The summed E-state index contributed by atoms with van der Waals surface area (Å²) in [5.41, 5.74) is -0.280. The Morgan fingerprint density at radius 3 is 2.62 bits per heavy atom. The topological polar surface area (TPSA) is 105 Å². The fraction of sp³-hybridized carbons (Fsp3) is 0.148. The predicted octanol–water partition coefficient (Wildman–Crippen LogP) is 5.34. The van der Waals surface area contributed by atoms with Crippen LogP contribution >= 0.6 is 0 Å². The lowest BCUT2D eigenvalue weighted by Crippen LogP contribution is -2.41. The van der Waals surface area contributed by atoms with Crippen LogP contribution in [0.25, 0.3) is 11.1 Å². The Kier molecular flexibility index (Phi) is 6.08. The molecule has 0 atom stereocenters. The van der Waals surface area contributed by atoms with Crippen molar-refractivity contribution in [2.45, 2.75) is 19.4 Å². The predicted molar refractivity (Wildman–Crippen MR) is 134 cm³/mol. The van der Waals surface area contributed by atoms with Crippen LogP contribution in [0.2, 0.25) is 0 Å². The van der Waals surface area contributed by atoms with Gasteiger partial charge in [-0.3, -0.25) is 9.59 Å². The summed E-state index contributed by atoms with van der Waals surface area (Å²) in [4.78, 5) is 32.7. The third kappa shape index (κ3) is 4.99. The van der Waals surface area contributed by atoms with Crippen molar-refractivity contribution < 1.29 is 23.0 Å². The SMILES string of the molecule is CC1(C)COc2c(Oc3ccc(NC(=O)c4c[nH]cc(-c5ccc(F)cc5)c4=O)cc3F)ccnc2N1. The van der Waals surface area contributed by atoms with Crippen LogP contribution < -0.4 is 25.5 Å². The van der Waals surface area contributed by atoms with Crippen LogP contribution in [-0.4, -0.2) is 28.0 Å². The standard InChI is InChI=1S/C27H22F2N4O4/c1-27(2)14-36-24-22(9-10-31-25(24)33-27)37-21-8-7-17(11-20(21)29)32-26(35)19-13-30-12-18(23(19)34)15-3-5-16(28)6-4-15/h3-13H,14H2,1-2H3,(H,30,34)(H,31,33)(H,32,35). The Hall–Kier alpha value is -4.73. The zero-order valence-corrected chi connectivity index (χ0v) is 19.9. The number of halogens is 2. The number of H-pyrrole nitrogens is 1. The van der Waals surface area contributed by atoms with Crippen molar-refractivity contribution in [1.29, 1.82) is 0 Å². The van der Waals surface area contributed by atoms with Crippen molar-refractivity contribution in [1.82, 2.24) is 9.97 Å². The van der Waals surface area contributed by atoms with Gasteiger partial charge in [-0.25, -0.2) is 13.8 Å². The first-order valence-electron chi connectivity index (χ1n) is 11.4. The molecule has 3 N–H and O–H groups in total. The number of nitrogens with zero attached hydrogens (tertiary/aromatic N) is 1. The number of aromatic amines is 1. The monoisotopic (exact) mass is 504 g/mol. The molecule has 8 nitrogen and oxygen atoms in total. The molecule has 1 amide bonds. The number of pyridine rings is 2. The van der Waals surface area contributed by atoms with E-state index in [4.69, 9.17) is 9.47 Å². The van der Waals surface area contributed by atoms with E-state index in [1.54, 1.807) is 6.07 Å². The van der Waals surface area contributed by atoms with Crippen molar-refractivity contribution >= 4 is 17.4 Å². The summed E-state index contributed by atoms with van der Waals surface area (Å²) in [5.74, 6) is -0.848. The van der Waals surface area contributed by atoms with Crippen molar-refractivity contribution in [3.8, 4) is 28.4 Å². The molecule has 0 spiro atoms. The van der Waals surface area contributed by atoms with E-state index in [0.717, 1.165) is 6.07 Å². The normalized spacial score (nSPS) is 13.6. The van der Waals surface area contributed by atoms with E-state index in [0.29, 0.717) is 23.7 Å². The number of carbonyl (C=O) groups is 1. The minimum absolute atomic E-state index is 0.0870. The fourth-order valence-electron chi connectivity index (χ4n) is 3.82. The highest BCUT2D eigenvalue weighted by atomic mass is 19.1. The van der Waals surface area contributed by atoms with Crippen molar-refractivity contribution in [3.63, 3.8) is 0 Å². The van der Waals surface area contributed by atoms with Crippen LogP contribution in [-0.2, 0) is 0 Å². The van der Waals surface area contributed by atoms with E-state index < -0.39 is 23.0 Å². The van der Waals surface area contributed by atoms with Gasteiger partial charge in [0, 0.05) is 42.0 Å². The number of nitrogens with one attached hydrogen (secondary N) is 3. The molecule has 5 rings (SSSR count). The summed E-state index contributed by atoms with van der Waals surface area (Å²) in [5, 5.41) is 5.76. The number of aromatic nitrogens is 2. The van der Waals surface area contributed by atoms with Gasteiger partial charge in [0.05, 0.1) is 5.54 Å². The molecule has 0 saturated heterocycles. The maximum atomic E-state index is 14.9. The zero-order valence-electron chi connectivity index (χ0n) is 19.9. The number of hydrogen-bond donors (Lipinski definition) is 3. The van der Waals surface area contributed by atoms with Gasteiger partial charge in [-0.05, 0) is 43.7 Å². The number of amides is 1. The highest BCUT2D eigenvalue weighted by Crippen LogP contribution is 2.41. The lowest BCUT2D eigenvalue weighted by Gasteiger charge is -2.33. The largest absolute Gasteiger partial charge is 0.484 e. The zero-order chi connectivity index (χ0) is 26.2. The molecule has 3 heterocycles. The number of ether oxygens (including phenoxy) is 2. The second-order valence-electron chi connectivity index (χ2n) is 9.10. The van der Waals surface area contributed by atoms with Crippen molar-refractivity contribution in [3.05, 3.63) is 94.5 Å². The molecule has 37 heavy (non-hydrogen) atoms. The highest BCUT2D eigenvalue weighted by Gasteiger charge is 2.29. The van der Waals surface area contributed by atoms with Gasteiger partial charge in [0.1, 0.15) is 18.0 Å². The smallest absolute Gasteiger partial charge is 0.261 e. The maximum Gasteiger partial charge on any atom is 0.261 e. The van der Waals surface area contributed by atoms with Gasteiger partial charge in [-0.1, -0.05) is 12.1 Å². The molecule has 0 fully saturated rings. The summed E-state index contributed by atoms with van der Waals surface area (Å²) >= 11 is 0. The molecule has 0 bridgehead atoms. The molecular formula is C27H22F2N4O4. The molecule has 4 aromatic rings. The van der Waals surface area contributed by atoms with Crippen molar-refractivity contribution in [2.75, 3.05) is 17.2 Å². The van der Waals surface area contributed by atoms with Crippen LogP contribution in [0, 0.1) is 11.6 Å². The van der Waals surface area contributed by atoms with E-state index in [1.165, 1.54) is 55.0 Å². The van der Waals surface area contributed by atoms with Crippen LogP contribution in [0.5, 0.6) is 17.2 Å². The van der Waals surface area contributed by atoms with Crippen molar-refractivity contribution in [2.24, 2.45) is 0 Å². The molecule has 1 aliphatic rings. The number of hydrogen-bond acceptors (Lipinski definition) is 6. The van der Waals surface area contributed by atoms with Gasteiger partial charge >= 0.3 is 0 Å². The summed E-state index contributed by atoms with van der Waals surface area (Å²) in [7, 11) is 0. The first-order valence-corrected chi connectivity index (χ1v) is 11.4. The van der Waals surface area contributed by atoms with E-state index in [-0.39, 0.29) is 33.9 Å². The third-order valence-corrected chi connectivity index (χ3v) is 5.66. The Labute approximate surface area is 210 Å². The molecule has 10 heteroatoms. The average Bonchev–Trinajstić information content (AvgIpc) is 2.86. The molecule has 2 aromatic heterocycles. The summed E-state index contributed by atoms with van der Waals surface area (Å²) in [6.07, 6.45) is 4.20. The van der Waals surface area contributed by atoms with Crippen LogP contribution in [0.3, 0.4) is 0 Å². The first-order chi connectivity index (χ1) is 17.7. The average molecular weight is 504 g/mol. The van der Waals surface area contributed by atoms with Gasteiger partial charge in [-0.2, -0.15) is 0 Å². The second kappa shape index (κ2) is 9.38. The summed E-state index contributed by atoms with van der Waals surface area (Å²) in [6, 6.07) is 10.8. The Morgan fingerprint density at radius 2 is 1.86 bits per heavy atom. The van der Waals surface area contributed by atoms with Gasteiger partial charge in [-0.15, -0.1) is 0 Å².